The Kier molecular flexibility index (Phi) is 3.27. The second kappa shape index (κ2) is 4.38. The van der Waals surface area contributed by atoms with Crippen LogP contribution < -0.4 is 5.32 Å². The van der Waals surface area contributed by atoms with E-state index in [1.807, 2.05) is 21.0 Å². The topological polar surface area (TPSA) is 29.9 Å². The molecular formula is C12H20ClN3. The van der Waals surface area contributed by atoms with Crippen molar-refractivity contribution in [2.75, 3.05) is 13.6 Å². The van der Waals surface area contributed by atoms with Crippen molar-refractivity contribution < 1.29 is 0 Å². The van der Waals surface area contributed by atoms with Gasteiger partial charge in [0.1, 0.15) is 5.15 Å². The number of aryl methyl sites for hydroxylation is 2. The van der Waals surface area contributed by atoms with Crippen LogP contribution in [0.25, 0.3) is 0 Å². The highest BCUT2D eigenvalue weighted by atomic mass is 35.5. The highest BCUT2D eigenvalue weighted by Crippen LogP contribution is 2.44. The number of hydrogen-bond acceptors (Lipinski definition) is 2. The van der Waals surface area contributed by atoms with E-state index >= 15 is 0 Å². The van der Waals surface area contributed by atoms with Crippen molar-refractivity contribution in [1.29, 1.82) is 0 Å². The van der Waals surface area contributed by atoms with Crippen molar-refractivity contribution in [2.45, 2.75) is 32.6 Å². The number of rotatable bonds is 4. The summed E-state index contributed by atoms with van der Waals surface area (Å²) in [6.07, 6.45) is 5.02. The maximum atomic E-state index is 6.28. The van der Waals surface area contributed by atoms with Crippen molar-refractivity contribution in [3.05, 3.63) is 16.4 Å². The van der Waals surface area contributed by atoms with Crippen molar-refractivity contribution in [2.24, 2.45) is 12.5 Å². The van der Waals surface area contributed by atoms with Crippen molar-refractivity contribution >= 4 is 11.6 Å². The van der Waals surface area contributed by atoms with Crippen LogP contribution in [0.2, 0.25) is 5.15 Å². The van der Waals surface area contributed by atoms with Gasteiger partial charge in [0.25, 0.3) is 0 Å². The number of aromatic nitrogens is 2. The molecule has 1 aliphatic rings. The molecule has 0 aliphatic heterocycles. The van der Waals surface area contributed by atoms with Crippen LogP contribution in [0.5, 0.6) is 0 Å². The average Bonchev–Trinajstić information content (AvgIpc) is 2.41. The fourth-order valence-corrected chi connectivity index (χ4v) is 2.96. The van der Waals surface area contributed by atoms with E-state index in [2.05, 4.69) is 10.4 Å². The molecule has 4 heteroatoms. The molecule has 0 bridgehead atoms. The monoisotopic (exact) mass is 241 g/mol. The first kappa shape index (κ1) is 11.9. The highest BCUT2D eigenvalue weighted by Gasteiger charge is 2.37. The Morgan fingerprint density at radius 3 is 2.56 bits per heavy atom. The lowest BCUT2D eigenvalue weighted by molar-refractivity contribution is 0.133. The molecule has 1 aromatic heterocycles. The quantitative estimate of drug-likeness (QED) is 0.877. The maximum Gasteiger partial charge on any atom is 0.130 e. The van der Waals surface area contributed by atoms with E-state index in [-0.39, 0.29) is 0 Å². The second-order valence-electron chi connectivity index (χ2n) is 5.04. The molecule has 0 spiro atoms. The van der Waals surface area contributed by atoms with Crippen LogP contribution in [0, 0.1) is 12.3 Å². The molecule has 0 unspecified atom stereocenters. The van der Waals surface area contributed by atoms with Crippen molar-refractivity contribution in [1.82, 2.24) is 15.1 Å². The lowest BCUT2D eigenvalue weighted by Crippen LogP contribution is -2.40. The third-order valence-corrected chi connectivity index (χ3v) is 4.26. The van der Waals surface area contributed by atoms with Gasteiger partial charge in [-0.3, -0.25) is 4.68 Å². The van der Waals surface area contributed by atoms with Gasteiger partial charge in [-0.25, -0.2) is 0 Å². The Hall–Kier alpha value is -0.540. The Morgan fingerprint density at radius 2 is 2.19 bits per heavy atom. The van der Waals surface area contributed by atoms with Gasteiger partial charge in [-0.05, 0) is 38.6 Å². The fraction of sp³-hybridized carbons (Fsp3) is 0.750. The first-order chi connectivity index (χ1) is 7.58. The summed E-state index contributed by atoms with van der Waals surface area (Å²) >= 11 is 6.28. The van der Waals surface area contributed by atoms with Crippen LogP contribution in [0.15, 0.2) is 0 Å². The Bertz CT molecular complexity index is 380. The minimum Gasteiger partial charge on any atom is -0.319 e. The summed E-state index contributed by atoms with van der Waals surface area (Å²) in [4.78, 5) is 0. The predicted octanol–water partition coefficient (Wildman–Crippen LogP) is 2.31. The van der Waals surface area contributed by atoms with Crippen LogP contribution >= 0.6 is 11.6 Å². The van der Waals surface area contributed by atoms with Gasteiger partial charge in [0.15, 0.2) is 0 Å². The van der Waals surface area contributed by atoms with Gasteiger partial charge in [0.05, 0.1) is 5.69 Å². The molecule has 0 atom stereocenters. The lowest BCUT2D eigenvalue weighted by atomic mass is 9.65. The number of hydrogen-bond donors (Lipinski definition) is 1. The highest BCUT2D eigenvalue weighted by molar-refractivity contribution is 6.30. The first-order valence-electron chi connectivity index (χ1n) is 5.90. The van der Waals surface area contributed by atoms with Crippen LogP contribution in [0.1, 0.15) is 30.5 Å². The van der Waals surface area contributed by atoms with Crippen LogP contribution in [0.4, 0.5) is 0 Å². The zero-order valence-corrected chi connectivity index (χ0v) is 11.1. The van der Waals surface area contributed by atoms with Crippen LogP contribution in [-0.4, -0.2) is 23.4 Å². The molecule has 3 nitrogen and oxygen atoms in total. The van der Waals surface area contributed by atoms with E-state index in [0.29, 0.717) is 5.41 Å². The summed E-state index contributed by atoms with van der Waals surface area (Å²) < 4.78 is 1.78. The van der Waals surface area contributed by atoms with Gasteiger partial charge in [0, 0.05) is 19.2 Å². The number of halogens is 1. The third-order valence-electron chi connectivity index (χ3n) is 3.79. The third kappa shape index (κ3) is 1.98. The predicted molar refractivity (Wildman–Crippen MR) is 66.9 cm³/mol. The summed E-state index contributed by atoms with van der Waals surface area (Å²) in [6, 6.07) is 0. The van der Waals surface area contributed by atoms with E-state index in [4.69, 9.17) is 11.6 Å². The van der Waals surface area contributed by atoms with E-state index in [0.717, 1.165) is 23.8 Å². The second-order valence-corrected chi connectivity index (χ2v) is 5.40. The largest absolute Gasteiger partial charge is 0.319 e. The van der Waals surface area contributed by atoms with Gasteiger partial charge in [-0.1, -0.05) is 18.0 Å². The summed E-state index contributed by atoms with van der Waals surface area (Å²) in [7, 11) is 3.93. The first-order valence-corrected chi connectivity index (χ1v) is 6.28. The smallest absolute Gasteiger partial charge is 0.130 e. The van der Waals surface area contributed by atoms with Crippen molar-refractivity contribution in [3.8, 4) is 0 Å². The van der Waals surface area contributed by atoms with Crippen LogP contribution in [-0.2, 0) is 13.5 Å². The van der Waals surface area contributed by atoms with E-state index in [1.165, 1.54) is 24.8 Å². The van der Waals surface area contributed by atoms with Crippen molar-refractivity contribution in [3.63, 3.8) is 0 Å². The molecule has 1 fully saturated rings. The van der Waals surface area contributed by atoms with E-state index in [9.17, 15) is 0 Å². The standard InChI is InChI=1S/C12H20ClN3/c1-9-10(11(13)16(3)15-9)7-12(8-14-2)5-4-6-12/h14H,4-8H2,1-3H3. The van der Waals surface area contributed by atoms with E-state index in [1.54, 1.807) is 4.68 Å². The molecular weight excluding hydrogens is 222 g/mol. The average molecular weight is 242 g/mol. The maximum absolute atomic E-state index is 6.28. The Balaban J connectivity index is 2.19. The zero-order chi connectivity index (χ0) is 11.8. The molecule has 90 valence electrons. The molecule has 2 rings (SSSR count). The lowest BCUT2D eigenvalue weighted by Gasteiger charge is -2.42. The Labute approximate surface area is 102 Å². The molecule has 1 saturated carbocycles. The van der Waals surface area contributed by atoms with Gasteiger partial charge in [0.2, 0.25) is 0 Å². The van der Waals surface area contributed by atoms with Gasteiger partial charge in [-0.2, -0.15) is 5.10 Å². The molecule has 0 radical (unpaired) electrons. The fourth-order valence-electron chi connectivity index (χ4n) is 2.72. The normalized spacial score (nSPS) is 18.5. The van der Waals surface area contributed by atoms with Crippen LogP contribution in [0.3, 0.4) is 0 Å². The molecule has 16 heavy (non-hydrogen) atoms. The molecule has 0 saturated heterocycles. The summed E-state index contributed by atoms with van der Waals surface area (Å²) in [5.74, 6) is 0. The minimum absolute atomic E-state index is 0.423. The Morgan fingerprint density at radius 1 is 1.50 bits per heavy atom. The molecule has 0 amide bonds. The minimum atomic E-state index is 0.423. The molecule has 1 aromatic rings. The molecule has 0 aromatic carbocycles. The molecule has 1 heterocycles. The van der Waals surface area contributed by atoms with Gasteiger partial charge < -0.3 is 5.32 Å². The summed E-state index contributed by atoms with van der Waals surface area (Å²) in [6.45, 7) is 3.13. The SMILES string of the molecule is CNCC1(Cc2c(C)nn(C)c2Cl)CCC1. The molecule has 1 aliphatic carbocycles. The molecule has 1 N–H and O–H groups in total. The zero-order valence-electron chi connectivity index (χ0n) is 10.3. The number of nitrogens with zero attached hydrogens (tertiary/aromatic N) is 2. The van der Waals surface area contributed by atoms with Gasteiger partial charge >= 0.3 is 0 Å². The van der Waals surface area contributed by atoms with E-state index < -0.39 is 0 Å². The number of nitrogens with one attached hydrogen (secondary N) is 1. The van der Waals surface area contributed by atoms with Gasteiger partial charge in [-0.15, -0.1) is 0 Å². The summed E-state index contributed by atoms with van der Waals surface area (Å²) in [5.41, 5.74) is 2.74. The summed E-state index contributed by atoms with van der Waals surface area (Å²) in [5, 5.41) is 8.49.